The largest absolute Gasteiger partial charge is 0.481 e. The lowest BCUT2D eigenvalue weighted by Gasteiger charge is -2.16. The van der Waals surface area contributed by atoms with Crippen molar-refractivity contribution >= 4 is 5.91 Å². The molecule has 94 valence electrons. The number of benzene rings is 1. The smallest absolute Gasteiger partial charge is 0.260 e. The van der Waals surface area contributed by atoms with Gasteiger partial charge < -0.3 is 10.1 Å². The molecular formula is C12H15F2NO2. The van der Waals surface area contributed by atoms with E-state index < -0.39 is 17.7 Å². The van der Waals surface area contributed by atoms with E-state index in [9.17, 15) is 13.6 Å². The Hall–Kier alpha value is -1.65. The van der Waals surface area contributed by atoms with Gasteiger partial charge in [0.1, 0.15) is 5.75 Å². The third-order valence-electron chi connectivity index (χ3n) is 2.00. The zero-order chi connectivity index (χ0) is 13.0. The fourth-order valence-electron chi connectivity index (χ4n) is 1.21. The third kappa shape index (κ3) is 4.01. The molecule has 0 fully saturated rings. The number of nitrogens with one attached hydrogen (secondary N) is 1. The molecular weight excluding hydrogens is 228 g/mol. The van der Waals surface area contributed by atoms with E-state index in [0.717, 1.165) is 12.1 Å². The molecule has 0 aromatic heterocycles. The first-order valence-electron chi connectivity index (χ1n) is 5.32. The van der Waals surface area contributed by atoms with Crippen LogP contribution in [0.25, 0.3) is 0 Å². The molecule has 3 nitrogen and oxygen atoms in total. The third-order valence-corrected chi connectivity index (χ3v) is 2.00. The van der Waals surface area contributed by atoms with Crippen molar-refractivity contribution in [3.8, 4) is 5.75 Å². The summed E-state index contributed by atoms with van der Waals surface area (Å²) >= 11 is 0. The number of hydrogen-bond donors (Lipinski definition) is 1. The summed E-state index contributed by atoms with van der Waals surface area (Å²) in [5.74, 6) is -2.13. The molecule has 1 N–H and O–H groups in total. The quantitative estimate of drug-likeness (QED) is 0.880. The first kappa shape index (κ1) is 13.4. The lowest BCUT2D eigenvalue weighted by Crippen LogP contribution is -2.40. The predicted octanol–water partition coefficient (Wildman–Crippen LogP) is 2.26. The molecule has 1 amide bonds. The summed E-state index contributed by atoms with van der Waals surface area (Å²) in [6.07, 6.45) is -0.762. The van der Waals surface area contributed by atoms with Crippen LogP contribution in [0, 0.1) is 11.6 Å². The Bertz CT molecular complexity index is 407. The number of carbonyl (C=O) groups excluding carboxylic acids is 1. The fraction of sp³-hybridized carbons (Fsp3) is 0.417. The average Bonchev–Trinajstić information content (AvgIpc) is 2.22. The van der Waals surface area contributed by atoms with Gasteiger partial charge in [-0.05, 0) is 32.9 Å². The Morgan fingerprint density at radius 1 is 1.24 bits per heavy atom. The summed E-state index contributed by atoms with van der Waals surface area (Å²) < 4.78 is 30.7. The van der Waals surface area contributed by atoms with E-state index in [2.05, 4.69) is 5.32 Å². The van der Waals surface area contributed by atoms with Gasteiger partial charge in [-0.25, -0.2) is 8.78 Å². The van der Waals surface area contributed by atoms with Crippen LogP contribution in [0.2, 0.25) is 0 Å². The first-order chi connectivity index (χ1) is 7.90. The molecule has 1 unspecified atom stereocenters. The fourth-order valence-corrected chi connectivity index (χ4v) is 1.21. The summed E-state index contributed by atoms with van der Waals surface area (Å²) in [5, 5.41) is 2.66. The van der Waals surface area contributed by atoms with Gasteiger partial charge in [-0.3, -0.25) is 4.79 Å². The van der Waals surface area contributed by atoms with Crippen LogP contribution >= 0.6 is 0 Å². The van der Waals surface area contributed by atoms with Crippen molar-refractivity contribution in [2.75, 3.05) is 0 Å². The molecule has 0 saturated carbocycles. The van der Waals surface area contributed by atoms with E-state index in [1.807, 2.05) is 13.8 Å². The molecule has 0 bridgehead atoms. The summed E-state index contributed by atoms with van der Waals surface area (Å²) in [4.78, 5) is 11.5. The molecule has 5 heteroatoms. The molecule has 0 aliphatic rings. The summed E-state index contributed by atoms with van der Waals surface area (Å²) in [6.45, 7) is 5.18. The summed E-state index contributed by atoms with van der Waals surface area (Å²) in [6, 6.07) is 3.14. The van der Waals surface area contributed by atoms with Crippen molar-refractivity contribution in [2.24, 2.45) is 0 Å². The van der Waals surface area contributed by atoms with E-state index in [-0.39, 0.29) is 17.7 Å². The van der Waals surface area contributed by atoms with Crippen LogP contribution in [0.3, 0.4) is 0 Å². The molecule has 0 aliphatic carbocycles. The zero-order valence-corrected chi connectivity index (χ0v) is 9.96. The van der Waals surface area contributed by atoms with Gasteiger partial charge in [0, 0.05) is 12.1 Å². The highest BCUT2D eigenvalue weighted by atomic mass is 19.2. The van der Waals surface area contributed by atoms with Gasteiger partial charge in [-0.2, -0.15) is 0 Å². The van der Waals surface area contributed by atoms with Crippen molar-refractivity contribution in [3.63, 3.8) is 0 Å². The maximum Gasteiger partial charge on any atom is 0.260 e. The van der Waals surface area contributed by atoms with Crippen molar-refractivity contribution in [1.82, 2.24) is 5.32 Å². The van der Waals surface area contributed by atoms with Gasteiger partial charge in [0.2, 0.25) is 0 Å². The molecule has 0 saturated heterocycles. The van der Waals surface area contributed by atoms with Crippen LogP contribution < -0.4 is 10.1 Å². The minimum absolute atomic E-state index is 0.00139. The van der Waals surface area contributed by atoms with E-state index in [4.69, 9.17) is 4.74 Å². The second-order valence-electron chi connectivity index (χ2n) is 4.00. The molecule has 0 heterocycles. The number of ether oxygens (including phenoxy) is 1. The van der Waals surface area contributed by atoms with E-state index >= 15 is 0 Å². The number of rotatable bonds is 4. The van der Waals surface area contributed by atoms with Crippen LogP contribution in [-0.2, 0) is 4.79 Å². The average molecular weight is 243 g/mol. The van der Waals surface area contributed by atoms with Gasteiger partial charge in [-0.1, -0.05) is 0 Å². The number of carbonyl (C=O) groups is 1. The van der Waals surface area contributed by atoms with Crippen molar-refractivity contribution in [3.05, 3.63) is 29.8 Å². The van der Waals surface area contributed by atoms with Gasteiger partial charge in [0.25, 0.3) is 5.91 Å². The van der Waals surface area contributed by atoms with Gasteiger partial charge in [-0.15, -0.1) is 0 Å². The van der Waals surface area contributed by atoms with E-state index in [1.54, 1.807) is 6.92 Å². The van der Waals surface area contributed by atoms with Crippen LogP contribution in [0.1, 0.15) is 20.8 Å². The summed E-state index contributed by atoms with van der Waals surface area (Å²) in [5.41, 5.74) is 0. The first-order valence-corrected chi connectivity index (χ1v) is 5.32. The van der Waals surface area contributed by atoms with Crippen LogP contribution in [0.5, 0.6) is 5.75 Å². The van der Waals surface area contributed by atoms with Gasteiger partial charge >= 0.3 is 0 Å². The summed E-state index contributed by atoms with van der Waals surface area (Å²) in [7, 11) is 0. The normalized spacial score (nSPS) is 12.4. The lowest BCUT2D eigenvalue weighted by atomic mass is 10.3. The van der Waals surface area contributed by atoms with Crippen LogP contribution in [0.4, 0.5) is 8.78 Å². The molecule has 0 aliphatic heterocycles. The molecule has 0 spiro atoms. The molecule has 1 rings (SSSR count). The number of hydrogen-bond acceptors (Lipinski definition) is 2. The molecule has 0 radical (unpaired) electrons. The van der Waals surface area contributed by atoms with Crippen molar-refractivity contribution in [2.45, 2.75) is 32.9 Å². The van der Waals surface area contributed by atoms with Crippen molar-refractivity contribution < 1.29 is 18.3 Å². The highest BCUT2D eigenvalue weighted by molar-refractivity contribution is 5.80. The molecule has 1 aromatic carbocycles. The zero-order valence-electron chi connectivity index (χ0n) is 9.96. The maximum absolute atomic E-state index is 12.9. The molecule has 1 aromatic rings. The Labute approximate surface area is 98.8 Å². The Balaban J connectivity index is 2.64. The highest BCUT2D eigenvalue weighted by Crippen LogP contribution is 2.16. The van der Waals surface area contributed by atoms with Crippen molar-refractivity contribution in [1.29, 1.82) is 0 Å². The highest BCUT2D eigenvalue weighted by Gasteiger charge is 2.15. The number of amides is 1. The maximum atomic E-state index is 12.9. The topological polar surface area (TPSA) is 38.3 Å². The standard InChI is InChI=1S/C12H15F2NO2/c1-7(2)15-12(16)8(3)17-9-4-5-10(13)11(14)6-9/h4-8H,1-3H3,(H,15,16). The minimum atomic E-state index is -1.00. The Morgan fingerprint density at radius 3 is 2.41 bits per heavy atom. The molecule has 17 heavy (non-hydrogen) atoms. The minimum Gasteiger partial charge on any atom is -0.481 e. The Kier molecular flexibility index (Phi) is 4.43. The lowest BCUT2D eigenvalue weighted by molar-refractivity contribution is -0.127. The number of halogens is 2. The second kappa shape index (κ2) is 5.61. The van der Waals surface area contributed by atoms with Crippen LogP contribution in [0.15, 0.2) is 18.2 Å². The van der Waals surface area contributed by atoms with E-state index in [0.29, 0.717) is 0 Å². The SMILES string of the molecule is CC(C)NC(=O)C(C)Oc1ccc(F)c(F)c1. The second-order valence-corrected chi connectivity index (χ2v) is 4.00. The van der Waals surface area contributed by atoms with Gasteiger partial charge in [0.05, 0.1) is 0 Å². The van der Waals surface area contributed by atoms with Crippen LogP contribution in [-0.4, -0.2) is 18.1 Å². The Morgan fingerprint density at radius 2 is 1.88 bits per heavy atom. The predicted molar refractivity (Wildman–Crippen MR) is 59.7 cm³/mol. The van der Waals surface area contributed by atoms with Gasteiger partial charge in [0.15, 0.2) is 17.7 Å². The monoisotopic (exact) mass is 243 g/mol. The molecule has 1 atom stereocenters. The van der Waals surface area contributed by atoms with E-state index in [1.165, 1.54) is 6.07 Å².